The Labute approximate surface area is 181 Å². The van der Waals surface area contributed by atoms with E-state index in [0.29, 0.717) is 37.6 Å². The Hall–Kier alpha value is -2.10. The average Bonchev–Trinajstić information content (AvgIpc) is 2.76. The molecule has 30 heavy (non-hydrogen) atoms. The van der Waals surface area contributed by atoms with Crippen molar-refractivity contribution < 1.29 is 22.3 Å². The number of benzene rings is 2. The lowest BCUT2D eigenvalue weighted by Crippen LogP contribution is -2.50. The Morgan fingerprint density at radius 2 is 1.67 bits per heavy atom. The van der Waals surface area contributed by atoms with Gasteiger partial charge in [-0.2, -0.15) is 4.31 Å². The molecule has 0 radical (unpaired) electrons. The quantitative estimate of drug-likeness (QED) is 0.576. The standard InChI is InChI=1S/C21H25FN2O4S2/c1-2-28-18-5-9-20(10-6-18)30(26,27)24-14-12-23(13-15-24)21(25)11-16-29-19-7-3-17(22)4-8-19/h3-10H,2,11-16H2,1H3. The van der Waals surface area contributed by atoms with Crippen LogP contribution >= 0.6 is 11.8 Å². The van der Waals surface area contributed by atoms with Crippen LogP contribution in [0.1, 0.15) is 13.3 Å². The molecule has 1 amide bonds. The Bertz CT molecular complexity index is 942. The van der Waals surface area contributed by atoms with Crippen LogP contribution < -0.4 is 4.74 Å². The highest BCUT2D eigenvalue weighted by atomic mass is 32.2. The second kappa shape index (κ2) is 10.3. The number of carbonyl (C=O) groups excluding carboxylic acids is 1. The van der Waals surface area contributed by atoms with Crippen molar-refractivity contribution in [2.75, 3.05) is 38.5 Å². The molecular weight excluding hydrogens is 427 g/mol. The van der Waals surface area contributed by atoms with E-state index in [1.807, 2.05) is 6.92 Å². The zero-order valence-corrected chi connectivity index (χ0v) is 18.4. The number of halogens is 1. The predicted octanol–water partition coefficient (Wildman–Crippen LogP) is 3.24. The summed E-state index contributed by atoms with van der Waals surface area (Å²) < 4.78 is 45.4. The molecule has 2 aromatic rings. The molecule has 0 spiro atoms. The summed E-state index contributed by atoms with van der Waals surface area (Å²) >= 11 is 1.50. The second-order valence-corrected chi connectivity index (χ2v) is 9.85. The first kappa shape index (κ1) is 22.6. The topological polar surface area (TPSA) is 66.9 Å². The molecule has 1 fully saturated rings. The molecule has 0 N–H and O–H groups in total. The Morgan fingerprint density at radius 1 is 1.03 bits per heavy atom. The highest BCUT2D eigenvalue weighted by Gasteiger charge is 2.29. The fourth-order valence-electron chi connectivity index (χ4n) is 3.15. The predicted molar refractivity (Wildman–Crippen MR) is 115 cm³/mol. The van der Waals surface area contributed by atoms with Crippen molar-refractivity contribution in [2.45, 2.75) is 23.1 Å². The molecule has 0 bridgehead atoms. The third-order valence-electron chi connectivity index (χ3n) is 4.76. The third kappa shape index (κ3) is 5.74. The summed E-state index contributed by atoms with van der Waals surface area (Å²) in [5, 5.41) is 0. The molecule has 1 aliphatic rings. The van der Waals surface area contributed by atoms with E-state index in [9.17, 15) is 17.6 Å². The summed E-state index contributed by atoms with van der Waals surface area (Å²) in [6, 6.07) is 12.6. The second-order valence-electron chi connectivity index (χ2n) is 6.74. The smallest absolute Gasteiger partial charge is 0.243 e. The largest absolute Gasteiger partial charge is 0.494 e. The minimum atomic E-state index is -3.59. The minimum Gasteiger partial charge on any atom is -0.494 e. The van der Waals surface area contributed by atoms with Crippen LogP contribution in [0.2, 0.25) is 0 Å². The number of rotatable bonds is 8. The average molecular weight is 453 g/mol. The van der Waals surface area contributed by atoms with E-state index in [4.69, 9.17) is 4.74 Å². The van der Waals surface area contributed by atoms with Gasteiger partial charge in [0.15, 0.2) is 0 Å². The molecule has 0 aliphatic carbocycles. The Kier molecular flexibility index (Phi) is 7.74. The number of piperazine rings is 1. The summed E-state index contributed by atoms with van der Waals surface area (Å²) in [6.07, 6.45) is 0.355. The van der Waals surface area contributed by atoms with E-state index in [2.05, 4.69) is 0 Å². The van der Waals surface area contributed by atoms with E-state index < -0.39 is 10.0 Å². The van der Waals surface area contributed by atoms with Crippen molar-refractivity contribution in [1.29, 1.82) is 0 Å². The highest BCUT2D eigenvalue weighted by molar-refractivity contribution is 7.99. The zero-order chi connectivity index (χ0) is 21.6. The SMILES string of the molecule is CCOc1ccc(S(=O)(=O)N2CCN(C(=O)CCSc3ccc(F)cc3)CC2)cc1. The summed E-state index contributed by atoms with van der Waals surface area (Å²) in [5.41, 5.74) is 0. The van der Waals surface area contributed by atoms with Crippen molar-refractivity contribution in [1.82, 2.24) is 9.21 Å². The number of thioether (sulfide) groups is 1. The maximum absolute atomic E-state index is 12.9. The minimum absolute atomic E-state index is 0.00252. The molecule has 0 saturated carbocycles. The Morgan fingerprint density at radius 3 is 2.27 bits per heavy atom. The molecular formula is C21H25FN2O4S2. The normalized spacial score (nSPS) is 15.2. The van der Waals surface area contributed by atoms with Gasteiger partial charge in [0.1, 0.15) is 11.6 Å². The first-order valence-electron chi connectivity index (χ1n) is 9.79. The molecule has 1 heterocycles. The molecule has 9 heteroatoms. The van der Waals surface area contributed by atoms with Crippen LogP contribution in [0.5, 0.6) is 5.75 Å². The summed E-state index contributed by atoms with van der Waals surface area (Å²) in [4.78, 5) is 15.3. The summed E-state index contributed by atoms with van der Waals surface area (Å²) in [6.45, 7) is 3.67. The number of hydrogen-bond acceptors (Lipinski definition) is 5. The molecule has 1 aliphatic heterocycles. The van der Waals surface area contributed by atoms with E-state index in [1.165, 1.54) is 28.2 Å². The summed E-state index contributed by atoms with van der Waals surface area (Å²) in [7, 11) is -3.59. The van der Waals surface area contributed by atoms with Gasteiger partial charge in [-0.05, 0) is 55.5 Å². The van der Waals surface area contributed by atoms with Gasteiger partial charge in [0, 0.05) is 43.2 Å². The molecule has 0 atom stereocenters. The van der Waals surface area contributed by atoms with E-state index in [0.717, 1.165) is 4.90 Å². The van der Waals surface area contributed by atoms with Crippen LogP contribution in [0.4, 0.5) is 4.39 Å². The van der Waals surface area contributed by atoms with Crippen LogP contribution in [0.15, 0.2) is 58.3 Å². The van der Waals surface area contributed by atoms with Crippen molar-refractivity contribution in [3.05, 3.63) is 54.3 Å². The van der Waals surface area contributed by atoms with Crippen LogP contribution in [0.25, 0.3) is 0 Å². The van der Waals surface area contributed by atoms with Gasteiger partial charge in [0.2, 0.25) is 15.9 Å². The molecule has 3 rings (SSSR count). The van der Waals surface area contributed by atoms with Gasteiger partial charge in [-0.15, -0.1) is 11.8 Å². The lowest BCUT2D eigenvalue weighted by atomic mass is 10.3. The summed E-state index contributed by atoms with van der Waals surface area (Å²) in [5.74, 6) is 0.941. The van der Waals surface area contributed by atoms with Gasteiger partial charge >= 0.3 is 0 Å². The van der Waals surface area contributed by atoms with Crippen molar-refractivity contribution >= 4 is 27.7 Å². The first-order valence-corrected chi connectivity index (χ1v) is 12.2. The lowest BCUT2D eigenvalue weighted by Gasteiger charge is -2.34. The van der Waals surface area contributed by atoms with Crippen molar-refractivity contribution in [3.8, 4) is 5.75 Å². The number of nitrogens with zero attached hydrogens (tertiary/aromatic N) is 2. The fraction of sp³-hybridized carbons (Fsp3) is 0.381. The van der Waals surface area contributed by atoms with Crippen molar-refractivity contribution in [2.24, 2.45) is 0 Å². The zero-order valence-electron chi connectivity index (χ0n) is 16.8. The van der Waals surface area contributed by atoms with Crippen LogP contribution in [-0.4, -0.2) is 62.1 Å². The molecule has 6 nitrogen and oxygen atoms in total. The Balaban J connectivity index is 1.48. The molecule has 162 valence electrons. The molecule has 0 aromatic heterocycles. The van der Waals surface area contributed by atoms with Crippen LogP contribution in [0, 0.1) is 5.82 Å². The van der Waals surface area contributed by atoms with Gasteiger partial charge in [0.25, 0.3) is 0 Å². The van der Waals surface area contributed by atoms with Crippen LogP contribution in [0.3, 0.4) is 0 Å². The highest BCUT2D eigenvalue weighted by Crippen LogP contribution is 2.22. The van der Waals surface area contributed by atoms with Gasteiger partial charge in [-0.25, -0.2) is 12.8 Å². The molecule has 2 aromatic carbocycles. The van der Waals surface area contributed by atoms with Gasteiger partial charge in [-0.1, -0.05) is 0 Å². The number of hydrogen-bond donors (Lipinski definition) is 0. The first-order chi connectivity index (χ1) is 14.4. The maximum Gasteiger partial charge on any atom is 0.243 e. The number of amides is 1. The number of sulfonamides is 1. The third-order valence-corrected chi connectivity index (χ3v) is 7.69. The van der Waals surface area contributed by atoms with E-state index >= 15 is 0 Å². The number of carbonyl (C=O) groups is 1. The lowest BCUT2D eigenvalue weighted by molar-refractivity contribution is -0.131. The van der Waals surface area contributed by atoms with Crippen LogP contribution in [-0.2, 0) is 14.8 Å². The van der Waals surface area contributed by atoms with Gasteiger partial charge in [0.05, 0.1) is 11.5 Å². The maximum atomic E-state index is 12.9. The van der Waals surface area contributed by atoms with Crippen molar-refractivity contribution in [3.63, 3.8) is 0 Å². The van der Waals surface area contributed by atoms with E-state index in [1.54, 1.807) is 41.3 Å². The fourth-order valence-corrected chi connectivity index (χ4v) is 5.41. The monoisotopic (exact) mass is 452 g/mol. The van der Waals surface area contributed by atoms with E-state index in [-0.39, 0.29) is 29.7 Å². The van der Waals surface area contributed by atoms with Gasteiger partial charge in [-0.3, -0.25) is 4.79 Å². The molecule has 0 unspecified atom stereocenters. The molecule has 1 saturated heterocycles. The van der Waals surface area contributed by atoms with Gasteiger partial charge < -0.3 is 9.64 Å². The number of ether oxygens (including phenoxy) is 1.